The van der Waals surface area contributed by atoms with Crippen LogP contribution in [0.3, 0.4) is 0 Å². The number of benzene rings is 2. The van der Waals surface area contributed by atoms with E-state index in [9.17, 15) is 9.18 Å². The molecular formula is C15H13ClFNO2. The van der Waals surface area contributed by atoms with E-state index in [4.69, 9.17) is 16.3 Å². The van der Waals surface area contributed by atoms with E-state index in [0.717, 1.165) is 11.6 Å². The molecular weight excluding hydrogens is 281 g/mol. The predicted octanol–water partition coefficient (Wildman–Crippen LogP) is 4.05. The summed E-state index contributed by atoms with van der Waals surface area (Å²) in [5.41, 5.74) is 1.57. The zero-order valence-electron chi connectivity index (χ0n) is 11.0. The first-order valence-electron chi connectivity index (χ1n) is 5.93. The van der Waals surface area contributed by atoms with E-state index in [1.54, 1.807) is 25.1 Å². The van der Waals surface area contributed by atoms with Crippen LogP contribution in [0.1, 0.15) is 15.9 Å². The molecule has 0 bridgehead atoms. The molecule has 0 atom stereocenters. The van der Waals surface area contributed by atoms with Gasteiger partial charge in [0.1, 0.15) is 0 Å². The second kappa shape index (κ2) is 5.92. The fraction of sp³-hybridized carbons (Fsp3) is 0.133. The van der Waals surface area contributed by atoms with Gasteiger partial charge in [0, 0.05) is 16.3 Å². The van der Waals surface area contributed by atoms with Gasteiger partial charge in [0.15, 0.2) is 11.6 Å². The molecule has 0 aliphatic carbocycles. The summed E-state index contributed by atoms with van der Waals surface area (Å²) < 4.78 is 18.4. The minimum absolute atomic E-state index is 0.0977. The lowest BCUT2D eigenvalue weighted by Crippen LogP contribution is -2.13. The highest BCUT2D eigenvalue weighted by Crippen LogP contribution is 2.24. The van der Waals surface area contributed by atoms with Gasteiger partial charge in [-0.1, -0.05) is 17.7 Å². The molecule has 5 heteroatoms. The molecule has 0 fully saturated rings. The maximum atomic E-state index is 13.6. The molecule has 0 heterocycles. The Hall–Kier alpha value is -2.07. The first kappa shape index (κ1) is 14.3. The number of halogens is 2. The molecule has 0 aliphatic heterocycles. The molecule has 0 radical (unpaired) electrons. The third-order valence-electron chi connectivity index (χ3n) is 2.93. The van der Waals surface area contributed by atoms with Gasteiger partial charge < -0.3 is 10.1 Å². The normalized spacial score (nSPS) is 10.2. The fourth-order valence-corrected chi connectivity index (χ4v) is 1.92. The highest BCUT2D eigenvalue weighted by molar-refractivity contribution is 6.31. The van der Waals surface area contributed by atoms with Crippen LogP contribution >= 0.6 is 11.6 Å². The summed E-state index contributed by atoms with van der Waals surface area (Å²) in [7, 11) is 1.37. The second-order valence-electron chi connectivity index (χ2n) is 4.22. The summed E-state index contributed by atoms with van der Waals surface area (Å²) in [6.07, 6.45) is 0. The Labute approximate surface area is 121 Å². The van der Waals surface area contributed by atoms with E-state index in [2.05, 4.69) is 5.32 Å². The maximum Gasteiger partial charge on any atom is 0.255 e. The zero-order valence-corrected chi connectivity index (χ0v) is 11.8. The molecule has 2 aromatic carbocycles. The van der Waals surface area contributed by atoms with E-state index >= 15 is 0 Å². The van der Waals surface area contributed by atoms with Gasteiger partial charge in [-0.05, 0) is 42.8 Å². The van der Waals surface area contributed by atoms with Crippen molar-refractivity contribution in [2.24, 2.45) is 0 Å². The van der Waals surface area contributed by atoms with Crippen molar-refractivity contribution < 1.29 is 13.9 Å². The van der Waals surface area contributed by atoms with E-state index in [0.29, 0.717) is 10.7 Å². The average molecular weight is 294 g/mol. The van der Waals surface area contributed by atoms with E-state index < -0.39 is 11.7 Å². The number of hydrogen-bond acceptors (Lipinski definition) is 2. The Balaban J connectivity index is 2.24. The number of anilines is 1. The van der Waals surface area contributed by atoms with Crippen LogP contribution in [0.25, 0.3) is 0 Å². The topological polar surface area (TPSA) is 38.3 Å². The molecule has 0 aromatic heterocycles. The van der Waals surface area contributed by atoms with Crippen molar-refractivity contribution in [1.82, 2.24) is 0 Å². The van der Waals surface area contributed by atoms with Gasteiger partial charge in [0.25, 0.3) is 5.91 Å². The summed E-state index contributed by atoms with van der Waals surface area (Å²) >= 11 is 5.98. The summed E-state index contributed by atoms with van der Waals surface area (Å²) in [6, 6.07) is 9.25. The molecule has 2 rings (SSSR count). The minimum atomic E-state index is -0.581. The van der Waals surface area contributed by atoms with Crippen molar-refractivity contribution in [2.75, 3.05) is 12.4 Å². The third kappa shape index (κ3) is 2.91. The number of amides is 1. The van der Waals surface area contributed by atoms with Crippen molar-refractivity contribution in [3.8, 4) is 5.75 Å². The number of carbonyl (C=O) groups excluding carboxylic acids is 1. The molecule has 0 saturated carbocycles. The molecule has 1 N–H and O–H groups in total. The Kier molecular flexibility index (Phi) is 4.25. The third-order valence-corrected chi connectivity index (χ3v) is 3.34. The van der Waals surface area contributed by atoms with Crippen molar-refractivity contribution >= 4 is 23.2 Å². The number of carbonyl (C=O) groups is 1. The first-order chi connectivity index (χ1) is 9.52. The van der Waals surface area contributed by atoms with Gasteiger partial charge >= 0.3 is 0 Å². The first-order valence-corrected chi connectivity index (χ1v) is 6.30. The van der Waals surface area contributed by atoms with E-state index in [1.165, 1.54) is 19.2 Å². The van der Waals surface area contributed by atoms with Crippen LogP contribution in [0.4, 0.5) is 10.1 Å². The molecule has 104 valence electrons. The molecule has 0 unspecified atom stereocenters. The van der Waals surface area contributed by atoms with Gasteiger partial charge in [-0.3, -0.25) is 4.79 Å². The van der Waals surface area contributed by atoms with E-state index in [-0.39, 0.29) is 11.3 Å². The minimum Gasteiger partial charge on any atom is -0.494 e. The summed E-state index contributed by atoms with van der Waals surface area (Å²) in [6.45, 7) is 1.80. The van der Waals surface area contributed by atoms with Crippen molar-refractivity contribution in [3.05, 3.63) is 58.4 Å². The van der Waals surface area contributed by atoms with Crippen LogP contribution in [-0.2, 0) is 0 Å². The van der Waals surface area contributed by atoms with Gasteiger partial charge in [0.05, 0.1) is 7.11 Å². The number of nitrogens with one attached hydrogen (secondary N) is 1. The number of rotatable bonds is 3. The maximum absolute atomic E-state index is 13.6. The molecule has 3 nitrogen and oxygen atoms in total. The molecule has 0 spiro atoms. The largest absolute Gasteiger partial charge is 0.494 e. The molecule has 0 saturated heterocycles. The highest BCUT2D eigenvalue weighted by Gasteiger charge is 2.12. The predicted molar refractivity (Wildman–Crippen MR) is 77.1 cm³/mol. The number of ether oxygens (including phenoxy) is 1. The zero-order chi connectivity index (χ0) is 14.7. The second-order valence-corrected chi connectivity index (χ2v) is 4.62. The fourth-order valence-electron chi connectivity index (χ4n) is 1.74. The lowest BCUT2D eigenvalue weighted by atomic mass is 10.1. The van der Waals surface area contributed by atoms with Gasteiger partial charge in [-0.2, -0.15) is 0 Å². The van der Waals surface area contributed by atoms with Crippen molar-refractivity contribution in [3.63, 3.8) is 0 Å². The van der Waals surface area contributed by atoms with Crippen LogP contribution in [0.2, 0.25) is 5.02 Å². The molecule has 20 heavy (non-hydrogen) atoms. The van der Waals surface area contributed by atoms with Crippen molar-refractivity contribution in [1.29, 1.82) is 0 Å². The highest BCUT2D eigenvalue weighted by atomic mass is 35.5. The Morgan fingerprint density at radius 1 is 1.30 bits per heavy atom. The monoisotopic (exact) mass is 293 g/mol. The van der Waals surface area contributed by atoms with Crippen LogP contribution in [0, 0.1) is 12.7 Å². The molecule has 1 amide bonds. The smallest absolute Gasteiger partial charge is 0.255 e. The quantitative estimate of drug-likeness (QED) is 0.927. The average Bonchev–Trinajstić information content (AvgIpc) is 2.43. The lowest BCUT2D eigenvalue weighted by molar-refractivity contribution is 0.102. The van der Waals surface area contributed by atoms with Crippen LogP contribution in [0.5, 0.6) is 5.75 Å². The summed E-state index contributed by atoms with van der Waals surface area (Å²) in [5.74, 6) is -0.889. The standard InChI is InChI=1S/C15H13ClFNO2/c1-9-11(16)4-3-5-13(9)18-15(19)10-6-7-14(20-2)12(17)8-10/h3-8H,1-2H3,(H,18,19). The Morgan fingerprint density at radius 3 is 2.70 bits per heavy atom. The lowest BCUT2D eigenvalue weighted by Gasteiger charge is -2.10. The van der Waals surface area contributed by atoms with Crippen LogP contribution in [-0.4, -0.2) is 13.0 Å². The molecule has 2 aromatic rings. The van der Waals surface area contributed by atoms with Gasteiger partial charge in [-0.25, -0.2) is 4.39 Å². The summed E-state index contributed by atoms with van der Waals surface area (Å²) in [4.78, 5) is 12.1. The van der Waals surface area contributed by atoms with Crippen LogP contribution < -0.4 is 10.1 Å². The Morgan fingerprint density at radius 2 is 2.05 bits per heavy atom. The van der Waals surface area contributed by atoms with Gasteiger partial charge in [-0.15, -0.1) is 0 Å². The summed E-state index contributed by atoms with van der Waals surface area (Å²) in [5, 5.41) is 3.26. The van der Waals surface area contributed by atoms with Crippen molar-refractivity contribution in [2.45, 2.75) is 6.92 Å². The number of hydrogen-bond donors (Lipinski definition) is 1. The van der Waals surface area contributed by atoms with Gasteiger partial charge in [0.2, 0.25) is 0 Å². The molecule has 0 aliphatic rings. The van der Waals surface area contributed by atoms with Crippen LogP contribution in [0.15, 0.2) is 36.4 Å². The Bertz CT molecular complexity index is 658. The van der Waals surface area contributed by atoms with E-state index in [1.807, 2.05) is 0 Å². The SMILES string of the molecule is COc1ccc(C(=O)Nc2cccc(Cl)c2C)cc1F. The number of methoxy groups -OCH3 is 1.